The van der Waals surface area contributed by atoms with Crippen molar-refractivity contribution in [3.8, 4) is 0 Å². The van der Waals surface area contributed by atoms with Crippen molar-refractivity contribution in [2.45, 2.75) is 45.7 Å². The van der Waals surface area contributed by atoms with Crippen LogP contribution in [-0.2, 0) is 13.0 Å². The number of aromatic nitrogens is 4. The lowest BCUT2D eigenvalue weighted by Crippen LogP contribution is -2.26. The first-order valence-electron chi connectivity index (χ1n) is 7.46. The van der Waals surface area contributed by atoms with Crippen molar-refractivity contribution in [1.82, 2.24) is 25.1 Å². The van der Waals surface area contributed by atoms with E-state index < -0.39 is 0 Å². The fourth-order valence-corrected chi connectivity index (χ4v) is 2.33. The minimum Gasteiger partial charge on any atom is -0.308 e. The number of hydrogen-bond acceptors (Lipinski definition) is 4. The fourth-order valence-electron chi connectivity index (χ4n) is 2.22. The molecule has 1 unspecified atom stereocenters. The van der Waals surface area contributed by atoms with Gasteiger partial charge in [-0.3, -0.25) is 9.67 Å². The van der Waals surface area contributed by atoms with Crippen molar-refractivity contribution in [2.24, 2.45) is 0 Å². The third-order valence-corrected chi connectivity index (χ3v) is 3.49. The summed E-state index contributed by atoms with van der Waals surface area (Å²) in [5, 5.41) is 8.46. The highest BCUT2D eigenvalue weighted by atomic mass is 35.5. The summed E-state index contributed by atoms with van der Waals surface area (Å²) in [5.41, 5.74) is 0.985. The third kappa shape index (κ3) is 4.51. The summed E-state index contributed by atoms with van der Waals surface area (Å²) < 4.78 is 1.97. The fraction of sp³-hybridized carbons (Fsp3) is 0.533. The molecule has 2 aromatic rings. The molecule has 0 fully saturated rings. The Morgan fingerprint density at radius 3 is 2.76 bits per heavy atom. The van der Waals surface area contributed by atoms with Crippen LogP contribution < -0.4 is 5.32 Å². The van der Waals surface area contributed by atoms with Gasteiger partial charge in [-0.25, -0.2) is 4.98 Å². The first kappa shape index (κ1) is 15.9. The molecule has 6 heteroatoms. The van der Waals surface area contributed by atoms with Crippen LogP contribution in [0.25, 0.3) is 0 Å². The van der Waals surface area contributed by atoms with Gasteiger partial charge in [-0.1, -0.05) is 25.4 Å². The van der Waals surface area contributed by atoms with Gasteiger partial charge in [-0.05, 0) is 31.5 Å². The standard InChI is InChI=1S/C15H22ClN5/c1-3-7-17-14(13-6-5-12(16)10-18-13)9-15-19-11-20-21(15)8-4-2/h5-6,10-11,14,17H,3-4,7-9H2,1-2H3. The van der Waals surface area contributed by atoms with E-state index in [4.69, 9.17) is 11.6 Å². The third-order valence-electron chi connectivity index (χ3n) is 3.27. The Kier molecular flexibility index (Phi) is 6.14. The van der Waals surface area contributed by atoms with Crippen LogP contribution in [0.3, 0.4) is 0 Å². The molecule has 114 valence electrons. The van der Waals surface area contributed by atoms with E-state index in [9.17, 15) is 0 Å². The van der Waals surface area contributed by atoms with Crippen molar-refractivity contribution >= 4 is 11.6 Å². The molecule has 1 N–H and O–H groups in total. The lowest BCUT2D eigenvalue weighted by Gasteiger charge is -2.18. The van der Waals surface area contributed by atoms with Gasteiger partial charge in [0, 0.05) is 19.2 Å². The Morgan fingerprint density at radius 1 is 1.24 bits per heavy atom. The van der Waals surface area contributed by atoms with Crippen molar-refractivity contribution in [3.05, 3.63) is 41.2 Å². The van der Waals surface area contributed by atoms with Gasteiger partial charge in [0.15, 0.2) is 0 Å². The second-order valence-corrected chi connectivity index (χ2v) is 5.45. The number of nitrogens with one attached hydrogen (secondary N) is 1. The molecule has 2 heterocycles. The second-order valence-electron chi connectivity index (χ2n) is 5.01. The maximum atomic E-state index is 5.92. The molecule has 0 aliphatic heterocycles. The molecule has 0 spiro atoms. The van der Waals surface area contributed by atoms with Crippen LogP contribution >= 0.6 is 11.6 Å². The van der Waals surface area contributed by atoms with Crippen molar-refractivity contribution in [1.29, 1.82) is 0 Å². The first-order chi connectivity index (χ1) is 10.2. The molecular weight excluding hydrogens is 286 g/mol. The summed E-state index contributed by atoms with van der Waals surface area (Å²) in [6.45, 7) is 6.12. The SMILES string of the molecule is CCCNC(Cc1ncnn1CCC)c1ccc(Cl)cn1. The Labute approximate surface area is 130 Å². The van der Waals surface area contributed by atoms with Crippen molar-refractivity contribution in [2.75, 3.05) is 6.54 Å². The van der Waals surface area contributed by atoms with E-state index in [2.05, 4.69) is 34.2 Å². The topological polar surface area (TPSA) is 55.6 Å². The predicted molar refractivity (Wildman–Crippen MR) is 84.3 cm³/mol. The van der Waals surface area contributed by atoms with Crippen LogP contribution in [0.1, 0.15) is 44.2 Å². The number of nitrogens with zero attached hydrogens (tertiary/aromatic N) is 4. The summed E-state index contributed by atoms with van der Waals surface area (Å²) in [4.78, 5) is 8.82. The number of pyridine rings is 1. The zero-order valence-electron chi connectivity index (χ0n) is 12.6. The minimum atomic E-state index is 0.127. The van der Waals surface area contributed by atoms with Crippen LogP contribution in [-0.4, -0.2) is 26.3 Å². The van der Waals surface area contributed by atoms with Crippen LogP contribution in [0, 0.1) is 0 Å². The van der Waals surface area contributed by atoms with E-state index in [-0.39, 0.29) is 6.04 Å². The number of rotatable bonds is 8. The van der Waals surface area contributed by atoms with E-state index >= 15 is 0 Å². The van der Waals surface area contributed by atoms with Gasteiger partial charge in [-0.15, -0.1) is 0 Å². The molecule has 1 atom stereocenters. The monoisotopic (exact) mass is 307 g/mol. The highest BCUT2D eigenvalue weighted by molar-refractivity contribution is 6.30. The molecule has 5 nitrogen and oxygen atoms in total. The molecule has 21 heavy (non-hydrogen) atoms. The van der Waals surface area contributed by atoms with E-state index in [0.717, 1.165) is 43.9 Å². The Bertz CT molecular complexity index is 537. The average Bonchev–Trinajstić information content (AvgIpc) is 2.92. The Morgan fingerprint density at radius 2 is 2.10 bits per heavy atom. The summed E-state index contributed by atoms with van der Waals surface area (Å²) >= 11 is 5.92. The van der Waals surface area contributed by atoms with E-state index in [1.165, 1.54) is 0 Å². The van der Waals surface area contributed by atoms with E-state index in [1.807, 2.05) is 16.8 Å². The van der Waals surface area contributed by atoms with Crippen LogP contribution in [0.15, 0.2) is 24.7 Å². The van der Waals surface area contributed by atoms with E-state index in [1.54, 1.807) is 12.5 Å². The molecule has 0 aliphatic carbocycles. The van der Waals surface area contributed by atoms with Gasteiger partial charge in [0.05, 0.1) is 16.8 Å². The van der Waals surface area contributed by atoms with Crippen LogP contribution in [0.5, 0.6) is 0 Å². The minimum absolute atomic E-state index is 0.127. The first-order valence-corrected chi connectivity index (χ1v) is 7.83. The van der Waals surface area contributed by atoms with Gasteiger partial charge in [-0.2, -0.15) is 5.10 Å². The number of aryl methyl sites for hydroxylation is 1. The Balaban J connectivity index is 2.15. The zero-order valence-corrected chi connectivity index (χ0v) is 13.3. The summed E-state index contributed by atoms with van der Waals surface area (Å²) in [5.74, 6) is 0.988. The molecule has 0 amide bonds. The van der Waals surface area contributed by atoms with Crippen molar-refractivity contribution < 1.29 is 0 Å². The quantitative estimate of drug-likeness (QED) is 0.814. The summed E-state index contributed by atoms with van der Waals surface area (Å²) in [7, 11) is 0. The molecular formula is C15H22ClN5. The number of hydrogen-bond donors (Lipinski definition) is 1. The lowest BCUT2D eigenvalue weighted by atomic mass is 10.1. The molecule has 0 saturated carbocycles. The molecule has 0 aliphatic rings. The lowest BCUT2D eigenvalue weighted by molar-refractivity contribution is 0.480. The zero-order chi connectivity index (χ0) is 15.1. The Hall–Kier alpha value is -1.46. The largest absolute Gasteiger partial charge is 0.308 e. The molecule has 0 aromatic carbocycles. The van der Waals surface area contributed by atoms with Gasteiger partial charge >= 0.3 is 0 Å². The summed E-state index contributed by atoms with van der Waals surface area (Å²) in [6, 6.07) is 3.97. The van der Waals surface area contributed by atoms with E-state index in [0.29, 0.717) is 5.02 Å². The number of halogens is 1. The van der Waals surface area contributed by atoms with Crippen molar-refractivity contribution in [3.63, 3.8) is 0 Å². The molecule has 2 aromatic heterocycles. The second kappa shape index (κ2) is 8.10. The average molecular weight is 308 g/mol. The van der Waals surface area contributed by atoms with Gasteiger partial charge < -0.3 is 5.32 Å². The van der Waals surface area contributed by atoms with Gasteiger partial charge in [0.2, 0.25) is 0 Å². The van der Waals surface area contributed by atoms with Gasteiger partial charge in [0.25, 0.3) is 0 Å². The highest BCUT2D eigenvalue weighted by Gasteiger charge is 2.16. The predicted octanol–water partition coefficient (Wildman–Crippen LogP) is 3.02. The summed E-state index contributed by atoms with van der Waals surface area (Å²) in [6.07, 6.45) is 6.20. The molecule has 0 saturated heterocycles. The molecule has 0 radical (unpaired) electrons. The molecule has 2 rings (SSSR count). The van der Waals surface area contributed by atoms with Crippen LogP contribution in [0.2, 0.25) is 5.02 Å². The van der Waals surface area contributed by atoms with Crippen LogP contribution in [0.4, 0.5) is 0 Å². The molecule has 0 bridgehead atoms. The highest BCUT2D eigenvalue weighted by Crippen LogP contribution is 2.17. The maximum Gasteiger partial charge on any atom is 0.138 e. The van der Waals surface area contributed by atoms with Gasteiger partial charge in [0.1, 0.15) is 12.2 Å². The maximum absolute atomic E-state index is 5.92. The smallest absolute Gasteiger partial charge is 0.138 e. The normalized spacial score (nSPS) is 12.5.